The molecule has 0 unspecified atom stereocenters. The number of rotatable bonds is 3. The van der Waals surface area contributed by atoms with E-state index in [4.69, 9.17) is 4.74 Å². The Hall–Kier alpha value is -2.54. The van der Waals surface area contributed by atoms with Crippen LogP contribution in [-0.4, -0.2) is 0 Å². The first-order valence-electron chi connectivity index (χ1n) is 7.05. The molecule has 0 aliphatic rings. The molecule has 1 nitrogen and oxygen atoms in total. The number of para-hydroxylation sites is 1. The molecule has 3 aromatic carbocycles. The minimum Gasteiger partial charge on any atom is -0.457 e. The van der Waals surface area contributed by atoms with Gasteiger partial charge in [-0.3, -0.25) is 0 Å². The summed E-state index contributed by atoms with van der Waals surface area (Å²) < 4.78 is 5.81. The van der Waals surface area contributed by atoms with Crippen LogP contribution in [0.25, 0.3) is 11.1 Å². The third kappa shape index (κ3) is 3.14. The van der Waals surface area contributed by atoms with Crippen molar-refractivity contribution in [3.63, 3.8) is 0 Å². The molecule has 0 amide bonds. The Labute approximate surface area is 125 Å². The van der Waals surface area contributed by atoms with Crippen LogP contribution in [0.5, 0.6) is 11.5 Å². The number of aryl methyl sites for hydroxylation is 2. The van der Waals surface area contributed by atoms with Gasteiger partial charge in [0.05, 0.1) is 0 Å². The minimum absolute atomic E-state index is 0.846. The van der Waals surface area contributed by atoms with Gasteiger partial charge in [-0.25, -0.2) is 0 Å². The third-order valence-corrected chi connectivity index (χ3v) is 3.43. The zero-order valence-electron chi connectivity index (χ0n) is 12.3. The summed E-state index contributed by atoms with van der Waals surface area (Å²) in [7, 11) is 0. The van der Waals surface area contributed by atoms with Crippen molar-refractivity contribution in [3.8, 4) is 22.6 Å². The summed E-state index contributed by atoms with van der Waals surface area (Å²) in [5.41, 5.74) is 4.74. The van der Waals surface area contributed by atoms with Crippen LogP contribution in [0.1, 0.15) is 11.1 Å². The van der Waals surface area contributed by atoms with E-state index < -0.39 is 0 Å². The lowest BCUT2D eigenvalue weighted by molar-refractivity contribution is 0.483. The first kappa shape index (κ1) is 13.4. The molecule has 1 radical (unpaired) electrons. The molecule has 0 fully saturated rings. The van der Waals surface area contributed by atoms with E-state index in [0.717, 1.165) is 11.5 Å². The molecular weight excluding hydrogens is 256 g/mol. The normalized spacial score (nSPS) is 10.4. The topological polar surface area (TPSA) is 9.23 Å². The lowest BCUT2D eigenvalue weighted by Crippen LogP contribution is -1.87. The number of benzene rings is 3. The fourth-order valence-electron chi connectivity index (χ4n) is 2.38. The van der Waals surface area contributed by atoms with Crippen molar-refractivity contribution in [2.24, 2.45) is 0 Å². The van der Waals surface area contributed by atoms with Gasteiger partial charge in [0.1, 0.15) is 11.5 Å². The van der Waals surface area contributed by atoms with Gasteiger partial charge in [-0.2, -0.15) is 0 Å². The highest BCUT2D eigenvalue weighted by Crippen LogP contribution is 2.27. The van der Waals surface area contributed by atoms with Crippen molar-refractivity contribution in [2.45, 2.75) is 13.8 Å². The van der Waals surface area contributed by atoms with E-state index >= 15 is 0 Å². The maximum Gasteiger partial charge on any atom is 0.127 e. The van der Waals surface area contributed by atoms with Gasteiger partial charge in [0, 0.05) is 0 Å². The Morgan fingerprint density at radius 3 is 2.05 bits per heavy atom. The minimum atomic E-state index is 0.846. The van der Waals surface area contributed by atoms with E-state index in [2.05, 4.69) is 44.2 Å². The van der Waals surface area contributed by atoms with Gasteiger partial charge in [0.2, 0.25) is 0 Å². The van der Waals surface area contributed by atoms with Gasteiger partial charge >= 0.3 is 0 Å². The number of ether oxygens (including phenoxy) is 1. The summed E-state index contributed by atoms with van der Waals surface area (Å²) in [6, 6.07) is 25.6. The fraction of sp³-hybridized carbons (Fsp3) is 0.100. The Morgan fingerprint density at radius 1 is 0.714 bits per heavy atom. The maximum absolute atomic E-state index is 5.81. The van der Waals surface area contributed by atoms with Gasteiger partial charge in [-0.15, -0.1) is 0 Å². The Balaban J connectivity index is 1.84. The second-order valence-electron chi connectivity index (χ2n) is 5.12. The summed E-state index contributed by atoms with van der Waals surface area (Å²) in [4.78, 5) is 0. The average Bonchev–Trinajstić information content (AvgIpc) is 2.49. The first-order chi connectivity index (χ1) is 10.2. The van der Waals surface area contributed by atoms with E-state index in [1.165, 1.54) is 22.3 Å². The van der Waals surface area contributed by atoms with Crippen molar-refractivity contribution >= 4 is 0 Å². The van der Waals surface area contributed by atoms with Crippen LogP contribution in [0, 0.1) is 19.9 Å². The maximum atomic E-state index is 5.81. The quantitative estimate of drug-likeness (QED) is 0.606. The van der Waals surface area contributed by atoms with Crippen LogP contribution in [0.4, 0.5) is 0 Å². The van der Waals surface area contributed by atoms with Crippen LogP contribution < -0.4 is 4.74 Å². The van der Waals surface area contributed by atoms with Gasteiger partial charge < -0.3 is 4.74 Å². The van der Waals surface area contributed by atoms with Crippen molar-refractivity contribution in [3.05, 3.63) is 83.9 Å². The first-order valence-corrected chi connectivity index (χ1v) is 7.05. The molecular formula is C20H17O. The van der Waals surface area contributed by atoms with Crippen LogP contribution in [0.3, 0.4) is 0 Å². The van der Waals surface area contributed by atoms with E-state index in [9.17, 15) is 0 Å². The largest absolute Gasteiger partial charge is 0.457 e. The third-order valence-electron chi connectivity index (χ3n) is 3.43. The predicted molar refractivity (Wildman–Crippen MR) is 86.7 cm³/mol. The molecule has 0 aromatic heterocycles. The van der Waals surface area contributed by atoms with E-state index in [1.54, 1.807) is 0 Å². The molecule has 0 spiro atoms. The molecule has 103 valence electrons. The van der Waals surface area contributed by atoms with Gasteiger partial charge in [-0.05, 0) is 66.4 Å². The smallest absolute Gasteiger partial charge is 0.127 e. The monoisotopic (exact) mass is 273 g/mol. The molecule has 0 aliphatic heterocycles. The molecule has 3 aromatic rings. The SMILES string of the molecule is Cc1[c]c(C)c(-c2ccc(Oc3ccccc3)cc2)cc1. The molecule has 0 bridgehead atoms. The van der Waals surface area contributed by atoms with Crippen molar-refractivity contribution in [1.82, 2.24) is 0 Å². The van der Waals surface area contributed by atoms with Crippen LogP contribution in [0.2, 0.25) is 0 Å². The molecule has 0 saturated heterocycles. The second-order valence-corrected chi connectivity index (χ2v) is 5.12. The van der Waals surface area contributed by atoms with E-state index in [0.29, 0.717) is 0 Å². The van der Waals surface area contributed by atoms with Crippen LogP contribution >= 0.6 is 0 Å². The standard InChI is InChI=1S/C20H17O/c1-15-8-13-20(16(2)14-15)17-9-11-19(12-10-17)21-18-6-4-3-5-7-18/h3-13H,1-2H3. The van der Waals surface area contributed by atoms with Crippen molar-refractivity contribution in [1.29, 1.82) is 0 Å². The van der Waals surface area contributed by atoms with E-state index in [-0.39, 0.29) is 0 Å². The second kappa shape index (κ2) is 5.84. The Morgan fingerprint density at radius 2 is 1.38 bits per heavy atom. The number of hydrogen-bond donors (Lipinski definition) is 0. The van der Waals surface area contributed by atoms with E-state index in [1.807, 2.05) is 42.5 Å². The molecule has 0 aliphatic carbocycles. The average molecular weight is 273 g/mol. The Bertz CT molecular complexity index is 728. The van der Waals surface area contributed by atoms with Crippen molar-refractivity contribution < 1.29 is 4.74 Å². The van der Waals surface area contributed by atoms with Gasteiger partial charge in [-0.1, -0.05) is 42.5 Å². The lowest BCUT2D eigenvalue weighted by Gasteiger charge is -2.09. The highest BCUT2D eigenvalue weighted by atomic mass is 16.5. The lowest BCUT2D eigenvalue weighted by atomic mass is 9.99. The summed E-state index contributed by atoms with van der Waals surface area (Å²) in [6.07, 6.45) is 0. The summed E-state index contributed by atoms with van der Waals surface area (Å²) in [6.45, 7) is 4.16. The van der Waals surface area contributed by atoms with Crippen LogP contribution in [-0.2, 0) is 0 Å². The predicted octanol–water partition coefficient (Wildman–Crippen LogP) is 5.56. The molecule has 21 heavy (non-hydrogen) atoms. The highest BCUT2D eigenvalue weighted by molar-refractivity contribution is 5.68. The molecule has 0 heterocycles. The molecule has 0 N–H and O–H groups in total. The van der Waals surface area contributed by atoms with Gasteiger partial charge in [0.15, 0.2) is 0 Å². The van der Waals surface area contributed by atoms with Crippen molar-refractivity contribution in [2.75, 3.05) is 0 Å². The zero-order valence-corrected chi connectivity index (χ0v) is 12.3. The molecule has 3 rings (SSSR count). The summed E-state index contributed by atoms with van der Waals surface area (Å²) in [5, 5.41) is 0. The van der Waals surface area contributed by atoms with Gasteiger partial charge in [0.25, 0.3) is 0 Å². The Kier molecular flexibility index (Phi) is 3.74. The highest BCUT2D eigenvalue weighted by Gasteiger charge is 2.03. The summed E-state index contributed by atoms with van der Waals surface area (Å²) in [5.74, 6) is 1.70. The molecule has 1 heteroatoms. The molecule has 0 atom stereocenters. The zero-order chi connectivity index (χ0) is 14.7. The van der Waals surface area contributed by atoms with Crippen LogP contribution in [0.15, 0.2) is 66.7 Å². The molecule has 0 saturated carbocycles. The fourth-order valence-corrected chi connectivity index (χ4v) is 2.38. The summed E-state index contributed by atoms with van der Waals surface area (Å²) >= 11 is 0. The number of hydrogen-bond acceptors (Lipinski definition) is 1.